The first-order chi connectivity index (χ1) is 15.1. The van der Waals surface area contributed by atoms with E-state index in [1.54, 1.807) is 44.6 Å². The second kappa shape index (κ2) is 9.33. The van der Waals surface area contributed by atoms with E-state index in [-0.39, 0.29) is 23.6 Å². The fraction of sp³-hybridized carbons (Fsp3) is 0.136. The number of sulfonamides is 1. The van der Waals surface area contributed by atoms with Crippen molar-refractivity contribution in [3.05, 3.63) is 88.2 Å². The minimum atomic E-state index is -3.72. The van der Waals surface area contributed by atoms with Crippen LogP contribution >= 0.6 is 0 Å². The predicted molar refractivity (Wildman–Crippen MR) is 119 cm³/mol. The normalized spacial score (nSPS) is 11.2. The van der Waals surface area contributed by atoms with Gasteiger partial charge >= 0.3 is 0 Å². The predicted octanol–water partition coefficient (Wildman–Crippen LogP) is 3.73. The van der Waals surface area contributed by atoms with E-state index < -0.39 is 21.7 Å². The minimum Gasteiger partial charge on any atom is -0.454 e. The highest BCUT2D eigenvalue weighted by molar-refractivity contribution is 7.92. The molecule has 0 bridgehead atoms. The summed E-state index contributed by atoms with van der Waals surface area (Å²) in [6.07, 6.45) is 1.55. The lowest BCUT2D eigenvalue weighted by Gasteiger charge is -2.18. The number of hydrogen-bond acceptors (Lipinski definition) is 5. The Morgan fingerprint density at radius 3 is 2.56 bits per heavy atom. The van der Waals surface area contributed by atoms with E-state index in [0.29, 0.717) is 28.4 Å². The van der Waals surface area contributed by atoms with Crippen LogP contribution in [0.3, 0.4) is 0 Å². The van der Waals surface area contributed by atoms with E-state index in [2.05, 4.69) is 16.6 Å². The maximum atomic E-state index is 14.2. The Balaban J connectivity index is 2.19. The van der Waals surface area contributed by atoms with Crippen molar-refractivity contribution in [3.63, 3.8) is 0 Å². The second-order valence-electron chi connectivity index (χ2n) is 6.81. The van der Waals surface area contributed by atoms with Crippen LogP contribution in [0.1, 0.15) is 5.56 Å². The Kier molecular flexibility index (Phi) is 6.75. The first-order valence-electron chi connectivity index (χ1n) is 9.41. The number of halogens is 2. The van der Waals surface area contributed by atoms with Crippen LogP contribution in [0.2, 0.25) is 0 Å². The second-order valence-corrected chi connectivity index (χ2v) is 8.52. The number of aryl methyl sites for hydroxylation is 1. The lowest BCUT2D eigenvalue weighted by atomic mass is 9.99. The van der Waals surface area contributed by atoms with Gasteiger partial charge in [0, 0.05) is 49.4 Å². The van der Waals surface area contributed by atoms with Crippen molar-refractivity contribution in [1.82, 2.24) is 9.29 Å². The molecule has 1 aromatic heterocycles. The van der Waals surface area contributed by atoms with E-state index in [1.807, 2.05) is 0 Å². The van der Waals surface area contributed by atoms with Crippen LogP contribution in [0.5, 0.6) is 11.5 Å². The molecule has 3 aromatic rings. The molecule has 1 heterocycles. The maximum absolute atomic E-state index is 14.2. The number of aromatic nitrogens is 1. The van der Waals surface area contributed by atoms with Crippen LogP contribution < -0.4 is 20.3 Å². The van der Waals surface area contributed by atoms with E-state index in [4.69, 9.17) is 4.74 Å². The molecule has 0 radical (unpaired) electrons. The summed E-state index contributed by atoms with van der Waals surface area (Å²) >= 11 is 0. The fourth-order valence-corrected chi connectivity index (χ4v) is 3.55. The summed E-state index contributed by atoms with van der Waals surface area (Å²) in [5.41, 5.74) is 1.46. The third-order valence-electron chi connectivity index (χ3n) is 4.65. The average molecular weight is 461 g/mol. The molecule has 2 N–H and O–H groups in total. The Morgan fingerprint density at radius 2 is 1.91 bits per heavy atom. The number of ether oxygens (including phenoxy) is 1. The molecule has 168 valence electrons. The van der Waals surface area contributed by atoms with Gasteiger partial charge in [0.2, 0.25) is 10.0 Å². The van der Waals surface area contributed by atoms with E-state index >= 15 is 0 Å². The standard InChI is InChI=1S/C22H21F2N3O4S/c1-4-32(29,30)26-12-14-6-5-7-20(31-19-9-8-16(23)11-17(19)24)21(14)15-10-18(25-2)22(28)27(3)13-15/h4-11,13,25-26H,1,12H2,2-3H3. The van der Waals surface area contributed by atoms with Crippen LogP contribution in [0.25, 0.3) is 11.1 Å². The number of nitrogens with zero attached hydrogens (tertiary/aromatic N) is 1. The van der Waals surface area contributed by atoms with Crippen molar-refractivity contribution in [1.29, 1.82) is 0 Å². The van der Waals surface area contributed by atoms with Gasteiger partial charge < -0.3 is 14.6 Å². The summed E-state index contributed by atoms with van der Waals surface area (Å²) in [5.74, 6) is -1.67. The molecule has 0 aliphatic heterocycles. The molecule has 32 heavy (non-hydrogen) atoms. The van der Waals surface area contributed by atoms with Gasteiger partial charge in [-0.3, -0.25) is 4.79 Å². The van der Waals surface area contributed by atoms with Crippen LogP contribution in [0.4, 0.5) is 14.5 Å². The molecule has 0 aliphatic carbocycles. The molecular formula is C22H21F2N3O4S. The van der Waals surface area contributed by atoms with Crippen LogP contribution in [-0.4, -0.2) is 20.0 Å². The summed E-state index contributed by atoms with van der Waals surface area (Å²) in [6.45, 7) is 3.15. The largest absolute Gasteiger partial charge is 0.454 e. The third kappa shape index (κ3) is 5.04. The smallest absolute Gasteiger partial charge is 0.273 e. The number of pyridine rings is 1. The van der Waals surface area contributed by atoms with Crippen molar-refractivity contribution in [2.45, 2.75) is 6.54 Å². The number of rotatable bonds is 8. The van der Waals surface area contributed by atoms with Gasteiger partial charge in [-0.25, -0.2) is 21.9 Å². The van der Waals surface area contributed by atoms with Crippen molar-refractivity contribution in [2.24, 2.45) is 7.05 Å². The van der Waals surface area contributed by atoms with Crippen molar-refractivity contribution in [3.8, 4) is 22.6 Å². The van der Waals surface area contributed by atoms with Gasteiger partial charge in [-0.2, -0.15) is 0 Å². The molecule has 0 unspecified atom stereocenters. The van der Waals surface area contributed by atoms with Crippen LogP contribution in [-0.2, 0) is 23.6 Å². The Bertz CT molecular complexity index is 1340. The van der Waals surface area contributed by atoms with Crippen molar-refractivity contribution >= 4 is 15.7 Å². The molecule has 2 aromatic carbocycles. The summed E-state index contributed by atoms with van der Waals surface area (Å²) in [5, 5.41) is 3.60. The summed E-state index contributed by atoms with van der Waals surface area (Å²) in [6, 6.07) is 9.33. The molecule has 0 atom stereocenters. The SMILES string of the molecule is C=CS(=O)(=O)NCc1cccc(Oc2ccc(F)cc2F)c1-c1cc(NC)c(=O)n(C)c1. The minimum absolute atomic E-state index is 0.121. The van der Waals surface area contributed by atoms with Crippen molar-refractivity contribution in [2.75, 3.05) is 12.4 Å². The summed E-state index contributed by atoms with van der Waals surface area (Å²) in [4.78, 5) is 12.3. The highest BCUT2D eigenvalue weighted by Crippen LogP contribution is 2.37. The number of hydrogen-bond donors (Lipinski definition) is 2. The van der Waals surface area contributed by atoms with Gasteiger partial charge in [0.1, 0.15) is 17.3 Å². The van der Waals surface area contributed by atoms with E-state index in [9.17, 15) is 22.0 Å². The Labute approximate surface area is 184 Å². The van der Waals surface area contributed by atoms with Crippen LogP contribution in [0.15, 0.2) is 65.4 Å². The number of nitrogens with one attached hydrogen (secondary N) is 2. The molecule has 0 saturated heterocycles. The first-order valence-corrected chi connectivity index (χ1v) is 11.0. The summed E-state index contributed by atoms with van der Waals surface area (Å²) in [7, 11) is -0.565. The third-order valence-corrected chi connectivity index (χ3v) is 5.64. The summed E-state index contributed by atoms with van der Waals surface area (Å²) < 4.78 is 60.8. The lowest BCUT2D eigenvalue weighted by molar-refractivity contribution is 0.438. The van der Waals surface area contributed by atoms with E-state index in [0.717, 1.165) is 17.5 Å². The molecule has 7 nitrogen and oxygen atoms in total. The molecule has 0 fully saturated rings. The molecular weight excluding hydrogens is 440 g/mol. The average Bonchev–Trinajstić information content (AvgIpc) is 2.76. The molecule has 0 amide bonds. The topological polar surface area (TPSA) is 89.4 Å². The Hall–Kier alpha value is -3.50. The van der Waals surface area contributed by atoms with Gasteiger partial charge in [0.25, 0.3) is 5.56 Å². The fourth-order valence-electron chi connectivity index (χ4n) is 3.08. The molecule has 3 rings (SSSR count). The lowest BCUT2D eigenvalue weighted by Crippen LogP contribution is -2.21. The van der Waals surface area contributed by atoms with Gasteiger partial charge in [0.05, 0.1) is 0 Å². The quantitative estimate of drug-likeness (QED) is 0.534. The van der Waals surface area contributed by atoms with Crippen LogP contribution in [0, 0.1) is 11.6 Å². The highest BCUT2D eigenvalue weighted by Gasteiger charge is 2.18. The zero-order valence-corrected chi connectivity index (χ0v) is 18.2. The van der Waals surface area contributed by atoms with E-state index in [1.165, 1.54) is 4.57 Å². The van der Waals surface area contributed by atoms with Gasteiger partial charge in [-0.15, -0.1) is 0 Å². The van der Waals surface area contributed by atoms with Crippen molar-refractivity contribution < 1.29 is 21.9 Å². The first kappa shape index (κ1) is 23.2. The zero-order valence-electron chi connectivity index (χ0n) is 17.4. The number of anilines is 1. The maximum Gasteiger partial charge on any atom is 0.273 e. The monoisotopic (exact) mass is 461 g/mol. The molecule has 0 spiro atoms. The number of benzene rings is 2. The highest BCUT2D eigenvalue weighted by atomic mass is 32.2. The van der Waals surface area contributed by atoms with Gasteiger partial charge in [-0.1, -0.05) is 18.7 Å². The molecule has 0 aliphatic rings. The molecule has 0 saturated carbocycles. The molecule has 10 heteroatoms. The Morgan fingerprint density at radius 1 is 1.16 bits per heavy atom. The van der Waals surface area contributed by atoms with Gasteiger partial charge in [-0.05, 0) is 29.8 Å². The van der Waals surface area contributed by atoms with Gasteiger partial charge in [0.15, 0.2) is 11.6 Å². The zero-order chi connectivity index (χ0) is 23.5.